The summed E-state index contributed by atoms with van der Waals surface area (Å²) >= 11 is 5.84. The van der Waals surface area contributed by atoms with Crippen LogP contribution in [0.1, 0.15) is 26.2 Å². The number of carbonyl (C=O) groups is 2. The lowest BCUT2D eigenvalue weighted by Crippen LogP contribution is -2.57. The van der Waals surface area contributed by atoms with Crippen molar-refractivity contribution in [2.75, 3.05) is 10.2 Å². The van der Waals surface area contributed by atoms with Crippen molar-refractivity contribution in [3.63, 3.8) is 0 Å². The molecule has 1 fully saturated rings. The van der Waals surface area contributed by atoms with Crippen molar-refractivity contribution in [2.45, 2.75) is 38.3 Å². The standard InChI is InChI=1S/C12H13ClN4O2/c1-2-9-11(19)15-8-5-14-12(13)16-10(8)17(9)6-3-7(18)4-6/h5-6,9H,2-4H2,1H3,(H,15,19). The third kappa shape index (κ3) is 1.96. The van der Waals surface area contributed by atoms with Crippen molar-refractivity contribution in [1.82, 2.24) is 9.97 Å². The molecule has 1 amide bonds. The largest absolute Gasteiger partial charge is 0.339 e. The van der Waals surface area contributed by atoms with E-state index in [4.69, 9.17) is 11.6 Å². The first-order valence-electron chi connectivity index (χ1n) is 6.23. The Kier molecular flexibility index (Phi) is 2.89. The number of amides is 1. The predicted octanol–water partition coefficient (Wildman–Crippen LogP) is 1.40. The molecule has 2 aliphatic rings. The Morgan fingerprint density at radius 1 is 1.47 bits per heavy atom. The number of aromatic nitrogens is 2. The second kappa shape index (κ2) is 4.45. The highest BCUT2D eigenvalue weighted by Crippen LogP contribution is 2.37. The second-order valence-electron chi connectivity index (χ2n) is 4.80. The van der Waals surface area contributed by atoms with Crippen LogP contribution in [0.3, 0.4) is 0 Å². The van der Waals surface area contributed by atoms with Crippen LogP contribution in [0, 0.1) is 0 Å². The summed E-state index contributed by atoms with van der Waals surface area (Å²) in [5.74, 6) is 0.747. The normalized spacial score (nSPS) is 22.8. The minimum absolute atomic E-state index is 0.0354. The molecular formula is C12H13ClN4O2. The van der Waals surface area contributed by atoms with Crippen LogP contribution in [0.25, 0.3) is 0 Å². The van der Waals surface area contributed by atoms with Crippen molar-refractivity contribution in [3.05, 3.63) is 11.5 Å². The summed E-state index contributed by atoms with van der Waals surface area (Å²) in [5, 5.41) is 2.92. The maximum Gasteiger partial charge on any atom is 0.247 e. The number of nitrogens with one attached hydrogen (secondary N) is 1. The van der Waals surface area contributed by atoms with E-state index in [1.807, 2.05) is 11.8 Å². The number of fused-ring (bicyclic) bond motifs is 1. The Balaban J connectivity index is 2.04. The Bertz CT molecular complexity index is 555. The number of rotatable bonds is 2. The molecule has 0 aromatic carbocycles. The molecule has 1 aromatic rings. The molecule has 0 spiro atoms. The van der Waals surface area contributed by atoms with Gasteiger partial charge in [0.25, 0.3) is 0 Å². The molecule has 1 aromatic heterocycles. The third-order valence-corrected chi connectivity index (χ3v) is 3.77. The monoisotopic (exact) mass is 280 g/mol. The molecule has 0 radical (unpaired) electrons. The number of hydrogen-bond acceptors (Lipinski definition) is 5. The fraction of sp³-hybridized carbons (Fsp3) is 0.500. The summed E-state index contributed by atoms with van der Waals surface area (Å²) in [4.78, 5) is 33.3. The van der Waals surface area contributed by atoms with Crippen LogP contribution in [0.4, 0.5) is 11.5 Å². The quantitative estimate of drug-likeness (QED) is 0.829. The minimum atomic E-state index is -0.309. The molecule has 1 atom stereocenters. The van der Waals surface area contributed by atoms with E-state index in [0.29, 0.717) is 30.8 Å². The number of halogens is 1. The molecule has 1 aliphatic heterocycles. The lowest BCUT2D eigenvalue weighted by Gasteiger charge is -2.44. The molecule has 0 bridgehead atoms. The molecule has 7 heteroatoms. The lowest BCUT2D eigenvalue weighted by atomic mass is 9.87. The average Bonchev–Trinajstić information content (AvgIpc) is 2.34. The highest BCUT2D eigenvalue weighted by molar-refractivity contribution is 6.28. The number of Topliss-reactive ketones (excluding diaryl/α,β-unsaturated/α-hetero) is 1. The van der Waals surface area contributed by atoms with Gasteiger partial charge in [0.1, 0.15) is 17.5 Å². The topological polar surface area (TPSA) is 75.2 Å². The average molecular weight is 281 g/mol. The molecule has 1 saturated carbocycles. The summed E-state index contributed by atoms with van der Waals surface area (Å²) in [6.45, 7) is 1.94. The molecular weight excluding hydrogens is 268 g/mol. The van der Waals surface area contributed by atoms with Gasteiger partial charge in [-0.1, -0.05) is 6.92 Å². The molecule has 1 unspecified atom stereocenters. The number of ketones is 1. The van der Waals surface area contributed by atoms with Crippen LogP contribution >= 0.6 is 11.6 Å². The summed E-state index contributed by atoms with van der Waals surface area (Å²) in [6, 6.07) is -0.273. The molecule has 0 saturated heterocycles. The first-order valence-corrected chi connectivity index (χ1v) is 6.61. The Morgan fingerprint density at radius 3 is 2.84 bits per heavy atom. The minimum Gasteiger partial charge on any atom is -0.339 e. The van der Waals surface area contributed by atoms with E-state index in [2.05, 4.69) is 15.3 Å². The molecule has 6 nitrogen and oxygen atoms in total. The van der Waals surface area contributed by atoms with Gasteiger partial charge >= 0.3 is 0 Å². The Hall–Kier alpha value is -1.69. The van der Waals surface area contributed by atoms with Crippen molar-refractivity contribution in [3.8, 4) is 0 Å². The first-order chi connectivity index (χ1) is 9.10. The SMILES string of the molecule is CCC1C(=O)Nc2cnc(Cl)nc2N1C1CC(=O)C1. The molecule has 19 heavy (non-hydrogen) atoms. The number of carbonyl (C=O) groups excluding carboxylic acids is 2. The zero-order valence-electron chi connectivity index (χ0n) is 10.4. The fourth-order valence-electron chi connectivity index (χ4n) is 2.60. The van der Waals surface area contributed by atoms with E-state index < -0.39 is 0 Å². The van der Waals surface area contributed by atoms with Crippen LogP contribution < -0.4 is 10.2 Å². The van der Waals surface area contributed by atoms with Crippen molar-refractivity contribution in [2.24, 2.45) is 0 Å². The number of anilines is 2. The van der Waals surface area contributed by atoms with Gasteiger partial charge in [0.2, 0.25) is 11.2 Å². The summed E-state index contributed by atoms with van der Waals surface area (Å²) in [7, 11) is 0. The van der Waals surface area contributed by atoms with Gasteiger partial charge < -0.3 is 10.2 Å². The van der Waals surface area contributed by atoms with E-state index in [0.717, 1.165) is 0 Å². The zero-order valence-corrected chi connectivity index (χ0v) is 11.1. The third-order valence-electron chi connectivity index (χ3n) is 3.59. The maximum absolute atomic E-state index is 12.1. The van der Waals surface area contributed by atoms with Gasteiger partial charge in [-0.05, 0) is 18.0 Å². The smallest absolute Gasteiger partial charge is 0.247 e. The van der Waals surface area contributed by atoms with Crippen molar-refractivity contribution >= 4 is 34.8 Å². The van der Waals surface area contributed by atoms with Crippen LogP contribution in [0.15, 0.2) is 6.20 Å². The Morgan fingerprint density at radius 2 is 2.21 bits per heavy atom. The van der Waals surface area contributed by atoms with Gasteiger partial charge in [0.15, 0.2) is 5.82 Å². The van der Waals surface area contributed by atoms with Gasteiger partial charge in [-0.25, -0.2) is 4.98 Å². The van der Waals surface area contributed by atoms with Gasteiger partial charge in [0, 0.05) is 18.9 Å². The summed E-state index contributed by atoms with van der Waals surface area (Å²) < 4.78 is 0. The van der Waals surface area contributed by atoms with E-state index in [1.165, 1.54) is 6.20 Å². The van der Waals surface area contributed by atoms with Crippen LogP contribution in [0.5, 0.6) is 0 Å². The van der Waals surface area contributed by atoms with Crippen LogP contribution in [-0.4, -0.2) is 33.7 Å². The molecule has 3 rings (SSSR count). The summed E-state index contributed by atoms with van der Waals surface area (Å²) in [6.07, 6.45) is 3.08. The van der Waals surface area contributed by atoms with E-state index in [1.54, 1.807) is 0 Å². The molecule has 1 aliphatic carbocycles. The Labute approximate surface area is 115 Å². The number of hydrogen-bond donors (Lipinski definition) is 1. The van der Waals surface area contributed by atoms with Gasteiger partial charge in [-0.15, -0.1) is 0 Å². The van der Waals surface area contributed by atoms with Crippen molar-refractivity contribution in [1.29, 1.82) is 0 Å². The van der Waals surface area contributed by atoms with Gasteiger partial charge in [0.05, 0.1) is 6.20 Å². The predicted molar refractivity (Wildman–Crippen MR) is 70.3 cm³/mol. The maximum atomic E-state index is 12.1. The zero-order chi connectivity index (χ0) is 13.6. The highest BCUT2D eigenvalue weighted by atomic mass is 35.5. The summed E-state index contributed by atoms with van der Waals surface area (Å²) in [5.41, 5.74) is 0.554. The molecule has 100 valence electrons. The lowest BCUT2D eigenvalue weighted by molar-refractivity contribution is -0.125. The van der Waals surface area contributed by atoms with E-state index in [9.17, 15) is 9.59 Å². The first kappa shape index (κ1) is 12.3. The van der Waals surface area contributed by atoms with E-state index >= 15 is 0 Å². The number of nitrogens with zero attached hydrogens (tertiary/aromatic N) is 3. The van der Waals surface area contributed by atoms with Gasteiger partial charge in [-0.2, -0.15) is 4.98 Å². The van der Waals surface area contributed by atoms with Crippen LogP contribution in [-0.2, 0) is 9.59 Å². The molecule has 1 N–H and O–H groups in total. The highest BCUT2D eigenvalue weighted by Gasteiger charge is 2.42. The van der Waals surface area contributed by atoms with Crippen LogP contribution in [0.2, 0.25) is 5.28 Å². The van der Waals surface area contributed by atoms with Crippen molar-refractivity contribution < 1.29 is 9.59 Å². The second-order valence-corrected chi connectivity index (χ2v) is 5.14. The van der Waals surface area contributed by atoms with Gasteiger partial charge in [-0.3, -0.25) is 9.59 Å². The molecule has 2 heterocycles. The van der Waals surface area contributed by atoms with E-state index in [-0.39, 0.29) is 29.1 Å². The fourth-order valence-corrected chi connectivity index (χ4v) is 2.73.